The van der Waals surface area contributed by atoms with Gasteiger partial charge < -0.3 is 9.32 Å². The molecule has 0 unspecified atom stereocenters. The van der Waals surface area contributed by atoms with Crippen LogP contribution in [0, 0.1) is 12.8 Å². The van der Waals surface area contributed by atoms with Gasteiger partial charge in [-0.3, -0.25) is 4.90 Å². The SMILES string of the molecule is Cc1cccc(-c2nnc(CN3CCN(CC(C)C)CC3)o2)c1. The van der Waals surface area contributed by atoms with Gasteiger partial charge in [-0.1, -0.05) is 31.5 Å². The van der Waals surface area contributed by atoms with Gasteiger partial charge in [0.05, 0.1) is 6.54 Å². The molecule has 124 valence electrons. The van der Waals surface area contributed by atoms with E-state index >= 15 is 0 Å². The normalized spacial score (nSPS) is 17.0. The highest BCUT2D eigenvalue weighted by molar-refractivity contribution is 5.53. The van der Waals surface area contributed by atoms with Crippen molar-refractivity contribution >= 4 is 0 Å². The molecule has 0 radical (unpaired) electrons. The molecule has 0 saturated carbocycles. The molecule has 0 atom stereocenters. The number of rotatable bonds is 5. The van der Waals surface area contributed by atoms with Crippen molar-refractivity contribution in [1.82, 2.24) is 20.0 Å². The molecule has 5 heteroatoms. The molecule has 0 N–H and O–H groups in total. The zero-order chi connectivity index (χ0) is 16.2. The van der Waals surface area contributed by atoms with Crippen molar-refractivity contribution in [3.63, 3.8) is 0 Å². The zero-order valence-electron chi connectivity index (χ0n) is 14.3. The summed E-state index contributed by atoms with van der Waals surface area (Å²) in [6.45, 7) is 12.9. The molecule has 2 heterocycles. The summed E-state index contributed by atoms with van der Waals surface area (Å²) < 4.78 is 5.84. The summed E-state index contributed by atoms with van der Waals surface area (Å²) in [5, 5.41) is 8.41. The average Bonchev–Trinajstić information content (AvgIpc) is 2.97. The second-order valence-corrected chi connectivity index (χ2v) is 6.84. The molecule has 0 spiro atoms. The molecule has 1 aromatic heterocycles. The molecule has 5 nitrogen and oxygen atoms in total. The van der Waals surface area contributed by atoms with Crippen molar-refractivity contribution in [2.45, 2.75) is 27.3 Å². The molecular formula is C18H26N4O. The van der Waals surface area contributed by atoms with Gasteiger partial charge >= 0.3 is 0 Å². The number of hydrogen-bond acceptors (Lipinski definition) is 5. The van der Waals surface area contributed by atoms with Gasteiger partial charge in [-0.05, 0) is 25.0 Å². The molecule has 23 heavy (non-hydrogen) atoms. The van der Waals surface area contributed by atoms with E-state index in [0.717, 1.165) is 44.2 Å². The molecule has 0 amide bonds. The van der Waals surface area contributed by atoms with E-state index in [-0.39, 0.29) is 0 Å². The summed E-state index contributed by atoms with van der Waals surface area (Å²) >= 11 is 0. The van der Waals surface area contributed by atoms with E-state index in [0.29, 0.717) is 11.8 Å². The van der Waals surface area contributed by atoms with Crippen molar-refractivity contribution in [3.8, 4) is 11.5 Å². The summed E-state index contributed by atoms with van der Waals surface area (Å²) in [5.41, 5.74) is 2.19. The summed E-state index contributed by atoms with van der Waals surface area (Å²) in [4.78, 5) is 4.93. The van der Waals surface area contributed by atoms with Crippen LogP contribution in [-0.2, 0) is 6.54 Å². The van der Waals surface area contributed by atoms with Crippen molar-refractivity contribution in [2.75, 3.05) is 32.7 Å². The number of hydrogen-bond donors (Lipinski definition) is 0. The fourth-order valence-electron chi connectivity index (χ4n) is 3.05. The van der Waals surface area contributed by atoms with Crippen molar-refractivity contribution in [3.05, 3.63) is 35.7 Å². The van der Waals surface area contributed by atoms with Crippen LogP contribution in [-0.4, -0.2) is 52.7 Å². The molecule has 1 aromatic carbocycles. The minimum atomic E-state index is 0.613. The van der Waals surface area contributed by atoms with E-state index < -0.39 is 0 Å². The van der Waals surface area contributed by atoms with Crippen LogP contribution in [0.2, 0.25) is 0 Å². The molecule has 2 aromatic rings. The van der Waals surface area contributed by atoms with E-state index in [9.17, 15) is 0 Å². The van der Waals surface area contributed by atoms with E-state index in [2.05, 4.69) is 52.9 Å². The average molecular weight is 314 g/mol. The Hall–Kier alpha value is -1.72. The molecule has 0 aliphatic carbocycles. The Kier molecular flexibility index (Phi) is 5.08. The molecule has 1 aliphatic rings. The van der Waals surface area contributed by atoms with Gasteiger partial charge in [0.2, 0.25) is 11.8 Å². The van der Waals surface area contributed by atoms with E-state index in [1.54, 1.807) is 0 Å². The molecule has 1 aliphatic heterocycles. The second-order valence-electron chi connectivity index (χ2n) is 6.84. The second kappa shape index (κ2) is 7.23. The van der Waals surface area contributed by atoms with E-state index in [4.69, 9.17) is 4.42 Å². The molecular weight excluding hydrogens is 288 g/mol. The van der Waals surface area contributed by atoms with Gasteiger partial charge in [0.1, 0.15) is 0 Å². The van der Waals surface area contributed by atoms with Gasteiger partial charge in [0.25, 0.3) is 0 Å². The third kappa shape index (κ3) is 4.39. The smallest absolute Gasteiger partial charge is 0.247 e. The lowest BCUT2D eigenvalue weighted by atomic mass is 10.1. The number of aryl methyl sites for hydroxylation is 1. The van der Waals surface area contributed by atoms with Gasteiger partial charge in [-0.15, -0.1) is 10.2 Å². The summed E-state index contributed by atoms with van der Waals surface area (Å²) in [7, 11) is 0. The summed E-state index contributed by atoms with van der Waals surface area (Å²) in [6, 6.07) is 8.16. The topological polar surface area (TPSA) is 45.4 Å². The van der Waals surface area contributed by atoms with Crippen LogP contribution in [0.15, 0.2) is 28.7 Å². The maximum atomic E-state index is 5.84. The lowest BCUT2D eigenvalue weighted by Crippen LogP contribution is -2.46. The highest BCUT2D eigenvalue weighted by Gasteiger charge is 2.19. The molecule has 1 fully saturated rings. The van der Waals surface area contributed by atoms with Crippen molar-refractivity contribution in [1.29, 1.82) is 0 Å². The van der Waals surface area contributed by atoms with Gasteiger partial charge in [0, 0.05) is 38.3 Å². The Bertz CT molecular complexity index is 629. The van der Waals surface area contributed by atoms with Gasteiger partial charge in [-0.2, -0.15) is 0 Å². The fourth-order valence-corrected chi connectivity index (χ4v) is 3.05. The van der Waals surface area contributed by atoms with Crippen LogP contribution < -0.4 is 0 Å². The maximum Gasteiger partial charge on any atom is 0.247 e. The van der Waals surface area contributed by atoms with Gasteiger partial charge in [-0.25, -0.2) is 0 Å². The maximum absolute atomic E-state index is 5.84. The van der Waals surface area contributed by atoms with Crippen LogP contribution in [0.5, 0.6) is 0 Å². The van der Waals surface area contributed by atoms with Crippen molar-refractivity contribution < 1.29 is 4.42 Å². The molecule has 1 saturated heterocycles. The fraction of sp³-hybridized carbons (Fsp3) is 0.556. The molecule has 3 rings (SSSR count). The van der Waals surface area contributed by atoms with Crippen LogP contribution in [0.25, 0.3) is 11.5 Å². The van der Waals surface area contributed by atoms with Crippen molar-refractivity contribution in [2.24, 2.45) is 5.92 Å². The van der Waals surface area contributed by atoms with Crippen LogP contribution >= 0.6 is 0 Å². The molecule has 0 bridgehead atoms. The Morgan fingerprint density at radius 3 is 2.52 bits per heavy atom. The zero-order valence-corrected chi connectivity index (χ0v) is 14.3. The number of aromatic nitrogens is 2. The number of benzene rings is 1. The summed E-state index contributed by atoms with van der Waals surface area (Å²) in [6.07, 6.45) is 0. The first-order valence-corrected chi connectivity index (χ1v) is 8.44. The third-order valence-corrected chi connectivity index (χ3v) is 4.18. The lowest BCUT2D eigenvalue weighted by molar-refractivity contribution is 0.110. The summed E-state index contributed by atoms with van der Waals surface area (Å²) in [5.74, 6) is 2.05. The Morgan fingerprint density at radius 2 is 1.83 bits per heavy atom. The highest BCUT2D eigenvalue weighted by Crippen LogP contribution is 2.19. The quantitative estimate of drug-likeness (QED) is 0.849. The Labute approximate surface area is 138 Å². The first kappa shape index (κ1) is 16.1. The first-order valence-electron chi connectivity index (χ1n) is 8.44. The minimum Gasteiger partial charge on any atom is -0.419 e. The number of nitrogens with zero attached hydrogens (tertiary/aromatic N) is 4. The lowest BCUT2D eigenvalue weighted by Gasteiger charge is -2.34. The predicted molar refractivity (Wildman–Crippen MR) is 91.0 cm³/mol. The predicted octanol–water partition coefficient (Wildman–Crippen LogP) is 2.82. The van der Waals surface area contributed by atoms with Crippen LogP contribution in [0.3, 0.4) is 0 Å². The van der Waals surface area contributed by atoms with Crippen LogP contribution in [0.1, 0.15) is 25.3 Å². The Morgan fingerprint density at radius 1 is 1.09 bits per heavy atom. The number of piperazine rings is 1. The van der Waals surface area contributed by atoms with E-state index in [1.807, 2.05) is 12.1 Å². The first-order chi connectivity index (χ1) is 11.1. The highest BCUT2D eigenvalue weighted by atomic mass is 16.4. The van der Waals surface area contributed by atoms with Crippen LogP contribution in [0.4, 0.5) is 0 Å². The standard InChI is InChI=1S/C18H26N4O/c1-14(2)12-21-7-9-22(10-8-21)13-17-19-20-18(23-17)16-6-4-5-15(3)11-16/h4-6,11,14H,7-10,12-13H2,1-3H3. The Balaban J connectivity index is 1.56. The minimum absolute atomic E-state index is 0.613. The third-order valence-electron chi connectivity index (χ3n) is 4.18. The van der Waals surface area contributed by atoms with Gasteiger partial charge in [0.15, 0.2) is 0 Å². The van der Waals surface area contributed by atoms with E-state index in [1.165, 1.54) is 12.1 Å². The largest absolute Gasteiger partial charge is 0.419 e. The monoisotopic (exact) mass is 314 g/mol.